The number of phenols is 1. The fourth-order valence-corrected chi connectivity index (χ4v) is 1.64. The van der Waals surface area contributed by atoms with Crippen molar-refractivity contribution in [2.75, 3.05) is 0 Å². The molecular weight excluding hydrogens is 215 g/mol. The van der Waals surface area contributed by atoms with E-state index in [1.165, 1.54) is 6.92 Å². The van der Waals surface area contributed by atoms with Gasteiger partial charge >= 0.3 is 6.03 Å². The van der Waals surface area contributed by atoms with Gasteiger partial charge in [0.1, 0.15) is 17.1 Å². The van der Waals surface area contributed by atoms with Gasteiger partial charge in [0.05, 0.1) is 0 Å². The lowest BCUT2D eigenvalue weighted by molar-refractivity contribution is -0.123. The van der Waals surface area contributed by atoms with Crippen LogP contribution in [-0.2, 0) is 10.3 Å². The number of hydrogen-bond acceptors (Lipinski definition) is 3. The lowest BCUT2D eigenvalue weighted by Crippen LogP contribution is -2.40. The van der Waals surface area contributed by atoms with Crippen LogP contribution in [0.1, 0.15) is 12.5 Å². The molecule has 1 atom stereocenters. The monoisotopic (exact) mass is 224 g/mol. The van der Waals surface area contributed by atoms with Crippen molar-refractivity contribution in [1.29, 1.82) is 0 Å². The molecule has 0 saturated carbocycles. The van der Waals surface area contributed by atoms with Crippen LogP contribution >= 0.6 is 0 Å². The molecule has 0 aliphatic carbocycles. The maximum Gasteiger partial charge on any atom is 0.322 e. The van der Waals surface area contributed by atoms with Gasteiger partial charge in [-0.15, -0.1) is 0 Å². The Morgan fingerprint density at radius 3 is 2.62 bits per heavy atom. The molecule has 6 heteroatoms. The molecule has 3 N–H and O–H groups in total. The molecule has 0 radical (unpaired) electrons. The summed E-state index contributed by atoms with van der Waals surface area (Å²) in [5.74, 6) is -1.47. The second kappa shape index (κ2) is 3.19. The van der Waals surface area contributed by atoms with E-state index in [0.29, 0.717) is 0 Å². The largest absolute Gasteiger partial charge is 0.508 e. The Bertz CT molecular complexity index is 489. The summed E-state index contributed by atoms with van der Waals surface area (Å²) in [6, 6.07) is 2.54. The van der Waals surface area contributed by atoms with E-state index in [9.17, 15) is 19.1 Å². The summed E-state index contributed by atoms with van der Waals surface area (Å²) >= 11 is 0. The van der Waals surface area contributed by atoms with Gasteiger partial charge in [-0.3, -0.25) is 10.1 Å². The first-order valence-electron chi connectivity index (χ1n) is 4.56. The number of halogens is 1. The van der Waals surface area contributed by atoms with E-state index in [1.807, 2.05) is 5.32 Å². The maximum atomic E-state index is 13.0. The van der Waals surface area contributed by atoms with E-state index in [2.05, 4.69) is 5.32 Å². The smallest absolute Gasteiger partial charge is 0.322 e. The predicted molar refractivity (Wildman–Crippen MR) is 52.1 cm³/mol. The lowest BCUT2D eigenvalue weighted by Gasteiger charge is -2.21. The number of nitrogens with one attached hydrogen (secondary N) is 2. The highest BCUT2D eigenvalue weighted by atomic mass is 19.1. The number of aromatic hydroxyl groups is 1. The van der Waals surface area contributed by atoms with Crippen LogP contribution in [0.25, 0.3) is 0 Å². The molecule has 1 aliphatic rings. The summed E-state index contributed by atoms with van der Waals surface area (Å²) in [5, 5.41) is 13.9. The van der Waals surface area contributed by atoms with Gasteiger partial charge in [-0.2, -0.15) is 0 Å². The van der Waals surface area contributed by atoms with E-state index < -0.39 is 23.3 Å². The first kappa shape index (κ1) is 10.4. The third-order valence-electron chi connectivity index (χ3n) is 2.54. The van der Waals surface area contributed by atoms with Crippen LogP contribution in [0.15, 0.2) is 18.2 Å². The standard InChI is InChI=1S/C10H9FN2O3/c1-10(8(15)12-9(16)13-10)6-4-5(11)2-3-7(6)14/h2-4,14H,1H3,(H2,12,13,15,16). The Kier molecular flexibility index (Phi) is 2.08. The molecule has 0 aromatic heterocycles. The van der Waals surface area contributed by atoms with Crippen LogP contribution in [0.5, 0.6) is 5.75 Å². The van der Waals surface area contributed by atoms with E-state index >= 15 is 0 Å². The molecule has 1 saturated heterocycles. The topological polar surface area (TPSA) is 78.4 Å². The minimum atomic E-state index is -1.44. The number of phenolic OH excluding ortho intramolecular Hbond substituents is 1. The van der Waals surface area contributed by atoms with Gasteiger partial charge in [-0.05, 0) is 25.1 Å². The molecule has 0 spiro atoms. The van der Waals surface area contributed by atoms with Crippen LogP contribution in [-0.4, -0.2) is 17.0 Å². The lowest BCUT2D eigenvalue weighted by atomic mass is 9.91. The first-order chi connectivity index (χ1) is 7.43. The fourth-order valence-electron chi connectivity index (χ4n) is 1.64. The van der Waals surface area contributed by atoms with Crippen molar-refractivity contribution >= 4 is 11.9 Å². The van der Waals surface area contributed by atoms with Crippen molar-refractivity contribution in [3.63, 3.8) is 0 Å². The van der Waals surface area contributed by atoms with E-state index in [4.69, 9.17) is 0 Å². The average Bonchev–Trinajstić information content (AvgIpc) is 2.46. The molecule has 3 amide bonds. The zero-order chi connectivity index (χ0) is 11.9. The highest BCUT2D eigenvalue weighted by Crippen LogP contribution is 2.31. The van der Waals surface area contributed by atoms with Crippen molar-refractivity contribution in [3.05, 3.63) is 29.6 Å². The van der Waals surface area contributed by atoms with Gasteiger partial charge in [0, 0.05) is 5.56 Å². The molecule has 1 aromatic rings. The molecule has 5 nitrogen and oxygen atoms in total. The Labute approximate surface area is 90.3 Å². The molecule has 84 valence electrons. The second-order valence-electron chi connectivity index (χ2n) is 3.69. The minimum Gasteiger partial charge on any atom is -0.508 e. The number of hydrogen-bond donors (Lipinski definition) is 3. The van der Waals surface area contributed by atoms with Crippen molar-refractivity contribution in [2.45, 2.75) is 12.5 Å². The fraction of sp³-hybridized carbons (Fsp3) is 0.200. The number of carbonyl (C=O) groups is 2. The Balaban J connectivity index is 2.55. The molecular formula is C10H9FN2O3. The molecule has 1 unspecified atom stereocenters. The molecule has 16 heavy (non-hydrogen) atoms. The summed E-state index contributed by atoms with van der Waals surface area (Å²) in [4.78, 5) is 22.6. The highest BCUT2D eigenvalue weighted by molar-refractivity contribution is 6.07. The second-order valence-corrected chi connectivity index (χ2v) is 3.69. The van der Waals surface area contributed by atoms with Gasteiger partial charge in [0.15, 0.2) is 0 Å². The summed E-state index contributed by atoms with van der Waals surface area (Å²) in [6.07, 6.45) is 0. The molecule has 1 aliphatic heterocycles. The quantitative estimate of drug-likeness (QED) is 0.611. The summed E-state index contributed by atoms with van der Waals surface area (Å²) in [5.41, 5.74) is -1.42. The minimum absolute atomic E-state index is 0.0239. The molecule has 0 bridgehead atoms. The van der Waals surface area contributed by atoms with E-state index in [1.54, 1.807) is 0 Å². The van der Waals surface area contributed by atoms with Crippen molar-refractivity contribution in [2.24, 2.45) is 0 Å². The Hall–Kier alpha value is -2.11. The Morgan fingerprint density at radius 1 is 1.38 bits per heavy atom. The van der Waals surface area contributed by atoms with Gasteiger partial charge in [-0.1, -0.05) is 0 Å². The van der Waals surface area contributed by atoms with E-state index in [-0.39, 0.29) is 11.3 Å². The van der Waals surface area contributed by atoms with Crippen molar-refractivity contribution in [3.8, 4) is 5.75 Å². The number of carbonyl (C=O) groups excluding carboxylic acids is 2. The van der Waals surface area contributed by atoms with Gasteiger partial charge in [0.25, 0.3) is 5.91 Å². The summed E-state index contributed by atoms with van der Waals surface area (Å²) in [7, 11) is 0. The predicted octanol–water partition coefficient (Wildman–Crippen LogP) is 0.586. The SMILES string of the molecule is CC1(c2cc(F)ccc2O)NC(=O)NC1=O. The van der Waals surface area contributed by atoms with Crippen molar-refractivity contribution < 1.29 is 19.1 Å². The zero-order valence-corrected chi connectivity index (χ0v) is 8.37. The van der Waals surface area contributed by atoms with Crippen LogP contribution in [0.3, 0.4) is 0 Å². The number of amides is 3. The van der Waals surface area contributed by atoms with Crippen LogP contribution < -0.4 is 10.6 Å². The number of imide groups is 1. The third kappa shape index (κ3) is 1.39. The van der Waals surface area contributed by atoms with E-state index in [0.717, 1.165) is 18.2 Å². The zero-order valence-electron chi connectivity index (χ0n) is 8.37. The van der Waals surface area contributed by atoms with Crippen LogP contribution in [0.2, 0.25) is 0 Å². The van der Waals surface area contributed by atoms with Crippen LogP contribution in [0.4, 0.5) is 9.18 Å². The van der Waals surface area contributed by atoms with Crippen LogP contribution in [0, 0.1) is 5.82 Å². The number of benzene rings is 1. The number of rotatable bonds is 1. The molecule has 1 fully saturated rings. The summed E-state index contributed by atoms with van der Waals surface area (Å²) < 4.78 is 13.0. The van der Waals surface area contributed by atoms with Crippen molar-refractivity contribution in [1.82, 2.24) is 10.6 Å². The Morgan fingerprint density at radius 2 is 2.06 bits per heavy atom. The first-order valence-corrected chi connectivity index (χ1v) is 4.56. The highest BCUT2D eigenvalue weighted by Gasteiger charge is 2.45. The van der Waals surface area contributed by atoms with Gasteiger partial charge < -0.3 is 10.4 Å². The maximum absolute atomic E-state index is 13.0. The third-order valence-corrected chi connectivity index (χ3v) is 2.54. The van der Waals surface area contributed by atoms with Gasteiger partial charge in [-0.25, -0.2) is 9.18 Å². The normalized spacial score (nSPS) is 24.1. The average molecular weight is 224 g/mol. The molecule has 2 rings (SSSR count). The number of urea groups is 1. The van der Waals surface area contributed by atoms with Gasteiger partial charge in [0.2, 0.25) is 0 Å². The molecule has 1 heterocycles. The molecule has 1 aromatic carbocycles. The summed E-state index contributed by atoms with van der Waals surface area (Å²) in [6.45, 7) is 1.39.